The maximum absolute atomic E-state index is 8.73. The topological polar surface area (TPSA) is 45.4 Å². The summed E-state index contributed by atoms with van der Waals surface area (Å²) < 4.78 is 1.54. The molecule has 0 saturated heterocycles. The van der Waals surface area contributed by atoms with Crippen LogP contribution in [-0.2, 0) is 0 Å². The van der Waals surface area contributed by atoms with Gasteiger partial charge >= 0.3 is 0 Å². The van der Waals surface area contributed by atoms with Gasteiger partial charge in [-0.05, 0) is 19.1 Å². The second-order valence-electron chi connectivity index (χ2n) is 3.03. The van der Waals surface area contributed by atoms with Crippen LogP contribution in [0.3, 0.4) is 0 Å². The predicted molar refractivity (Wildman–Crippen MR) is 93.6 cm³/mol. The summed E-state index contributed by atoms with van der Waals surface area (Å²) in [6.45, 7) is 2.01. The van der Waals surface area contributed by atoms with E-state index in [9.17, 15) is 0 Å². The van der Waals surface area contributed by atoms with Gasteiger partial charge in [0.25, 0.3) is 0 Å². The second-order valence-corrected chi connectivity index (χ2v) is 6.50. The Morgan fingerprint density at radius 3 is 2.00 bits per heavy atom. The van der Waals surface area contributed by atoms with E-state index < -0.39 is 0 Å². The molecule has 0 saturated carbocycles. The normalized spacial score (nSPS) is 10.8. The van der Waals surface area contributed by atoms with Crippen LogP contribution in [0.4, 0.5) is 0 Å². The Bertz CT molecular complexity index is 338. The zero-order valence-corrected chi connectivity index (χ0v) is 14.3. The molecular formula is C10H19NO2S5. The highest BCUT2D eigenvalue weighted by Crippen LogP contribution is 1.93. The van der Waals surface area contributed by atoms with Crippen LogP contribution in [0.2, 0.25) is 0 Å². The SMILES string of the molecule is CC(S)S.OCC(S)CS.On1ccccc1=S. The first-order chi connectivity index (χ1) is 8.34. The van der Waals surface area contributed by atoms with Gasteiger partial charge in [-0.3, -0.25) is 0 Å². The number of hydrogen-bond donors (Lipinski definition) is 6. The van der Waals surface area contributed by atoms with Crippen molar-refractivity contribution in [2.45, 2.75) is 16.8 Å². The standard InChI is InChI=1S/C5H5NOS.C3H8OS2.C2H6S2/c7-6-4-2-1-3-5(6)8;4-1-3(6)2-5;1-2(3)4/h1-4,7H;3-6H,1-2H2;2-4H,1H3. The van der Waals surface area contributed by atoms with Gasteiger partial charge in [0, 0.05) is 21.8 Å². The number of aliphatic hydroxyl groups excluding tert-OH is 1. The summed E-state index contributed by atoms with van der Waals surface area (Å²) in [5, 5.41) is 17.0. The molecule has 8 heteroatoms. The molecule has 2 N–H and O–H groups in total. The lowest BCUT2D eigenvalue weighted by molar-refractivity contribution is 0.180. The average molecular weight is 346 g/mol. The van der Waals surface area contributed by atoms with Crippen molar-refractivity contribution in [1.82, 2.24) is 4.73 Å². The van der Waals surface area contributed by atoms with Crippen molar-refractivity contribution in [3.8, 4) is 0 Å². The van der Waals surface area contributed by atoms with Crippen molar-refractivity contribution >= 4 is 62.7 Å². The van der Waals surface area contributed by atoms with Crippen molar-refractivity contribution < 1.29 is 10.3 Å². The van der Waals surface area contributed by atoms with Gasteiger partial charge < -0.3 is 10.3 Å². The Morgan fingerprint density at radius 1 is 1.33 bits per heavy atom. The molecule has 0 fully saturated rings. The lowest BCUT2D eigenvalue weighted by Gasteiger charge is -1.96. The van der Waals surface area contributed by atoms with Gasteiger partial charge in [-0.25, -0.2) is 0 Å². The minimum Gasteiger partial charge on any atom is -0.428 e. The summed E-state index contributed by atoms with van der Waals surface area (Å²) in [6.07, 6.45) is 1.49. The van der Waals surface area contributed by atoms with Gasteiger partial charge in [-0.15, -0.1) is 0 Å². The molecule has 1 aromatic rings. The molecular weight excluding hydrogens is 326 g/mol. The summed E-state index contributed by atoms with van der Waals surface area (Å²) in [4.78, 5) is 0. The molecule has 1 heterocycles. The maximum atomic E-state index is 8.73. The predicted octanol–water partition coefficient (Wildman–Crippen LogP) is 2.85. The monoisotopic (exact) mass is 345 g/mol. The minimum absolute atomic E-state index is 0.0494. The van der Waals surface area contributed by atoms with Crippen LogP contribution in [0.1, 0.15) is 6.92 Å². The first-order valence-electron chi connectivity index (χ1n) is 4.98. The molecule has 0 radical (unpaired) electrons. The van der Waals surface area contributed by atoms with Crippen molar-refractivity contribution in [3.63, 3.8) is 0 Å². The first-order valence-corrected chi connectivity index (χ1v) is 7.57. The molecule has 18 heavy (non-hydrogen) atoms. The molecule has 106 valence electrons. The van der Waals surface area contributed by atoms with Gasteiger partial charge in [0.2, 0.25) is 0 Å². The Hall–Kier alpha value is 0.530. The highest BCUT2D eigenvalue weighted by Gasteiger charge is 1.92. The summed E-state index contributed by atoms with van der Waals surface area (Å²) in [5.74, 6) is 0.639. The van der Waals surface area contributed by atoms with Crippen LogP contribution < -0.4 is 0 Å². The van der Waals surface area contributed by atoms with E-state index in [4.69, 9.17) is 10.3 Å². The van der Waals surface area contributed by atoms with Crippen LogP contribution in [0.5, 0.6) is 0 Å². The third kappa shape index (κ3) is 16.5. The fourth-order valence-corrected chi connectivity index (χ4v) is 0.732. The second kappa shape index (κ2) is 14.0. The molecule has 1 atom stereocenters. The molecule has 0 aliphatic heterocycles. The highest BCUT2D eigenvalue weighted by atomic mass is 32.2. The number of aromatic nitrogens is 1. The van der Waals surface area contributed by atoms with Crippen LogP contribution in [-0.4, -0.2) is 37.2 Å². The van der Waals surface area contributed by atoms with Gasteiger partial charge in [-0.2, -0.15) is 55.2 Å². The summed E-state index contributed by atoms with van der Waals surface area (Å²) in [6, 6.07) is 5.13. The van der Waals surface area contributed by atoms with E-state index in [0.717, 1.165) is 4.73 Å². The lowest BCUT2D eigenvalue weighted by atomic mass is 10.5. The van der Waals surface area contributed by atoms with E-state index in [2.05, 4.69) is 62.7 Å². The maximum Gasteiger partial charge on any atom is 0.142 e. The Labute approximate surface area is 135 Å². The summed E-state index contributed by atoms with van der Waals surface area (Å²) in [5.41, 5.74) is 0. The van der Waals surface area contributed by atoms with E-state index in [-0.39, 0.29) is 16.4 Å². The number of aliphatic hydroxyl groups is 1. The summed E-state index contributed by atoms with van der Waals surface area (Å²) >= 11 is 20.1. The third-order valence-electron chi connectivity index (χ3n) is 1.22. The smallest absolute Gasteiger partial charge is 0.142 e. The zero-order valence-electron chi connectivity index (χ0n) is 9.92. The quantitative estimate of drug-likeness (QED) is 0.216. The largest absolute Gasteiger partial charge is 0.428 e. The van der Waals surface area contributed by atoms with E-state index in [0.29, 0.717) is 10.4 Å². The molecule has 0 aromatic carbocycles. The molecule has 0 bridgehead atoms. The molecule has 0 amide bonds. The van der Waals surface area contributed by atoms with Crippen LogP contribution in [0, 0.1) is 4.64 Å². The third-order valence-corrected chi connectivity index (χ3v) is 2.62. The number of thiol groups is 4. The fourth-order valence-electron chi connectivity index (χ4n) is 0.477. The number of hydrogen-bond acceptors (Lipinski definition) is 7. The number of pyridine rings is 1. The molecule has 0 spiro atoms. The van der Waals surface area contributed by atoms with Crippen molar-refractivity contribution in [1.29, 1.82) is 0 Å². The van der Waals surface area contributed by atoms with E-state index in [1.54, 1.807) is 18.2 Å². The number of nitrogens with zero attached hydrogens (tertiary/aromatic N) is 1. The highest BCUT2D eigenvalue weighted by molar-refractivity contribution is 7.99. The van der Waals surface area contributed by atoms with Gasteiger partial charge in [0.15, 0.2) is 0 Å². The van der Waals surface area contributed by atoms with Crippen molar-refractivity contribution in [2.75, 3.05) is 12.4 Å². The van der Waals surface area contributed by atoms with Crippen LogP contribution in [0.15, 0.2) is 24.4 Å². The molecule has 1 aromatic heterocycles. The number of rotatable bonds is 2. The van der Waals surface area contributed by atoms with E-state index in [1.807, 2.05) is 6.92 Å². The fraction of sp³-hybridized carbons (Fsp3) is 0.500. The molecule has 1 rings (SSSR count). The van der Waals surface area contributed by atoms with Crippen molar-refractivity contribution in [3.05, 3.63) is 29.0 Å². The van der Waals surface area contributed by atoms with Gasteiger partial charge in [-0.1, -0.05) is 18.3 Å². The molecule has 1 unspecified atom stereocenters. The van der Waals surface area contributed by atoms with Crippen LogP contribution >= 0.6 is 62.7 Å². The molecule has 0 aliphatic rings. The lowest BCUT2D eigenvalue weighted by Crippen LogP contribution is -2.04. The Morgan fingerprint density at radius 2 is 1.83 bits per heavy atom. The van der Waals surface area contributed by atoms with Gasteiger partial charge in [0.05, 0.1) is 6.61 Å². The Kier molecular flexibility index (Phi) is 16.2. The van der Waals surface area contributed by atoms with Crippen LogP contribution in [0.25, 0.3) is 0 Å². The average Bonchev–Trinajstić information content (AvgIpc) is 2.32. The van der Waals surface area contributed by atoms with E-state index >= 15 is 0 Å². The summed E-state index contributed by atoms with van der Waals surface area (Å²) in [7, 11) is 0. The first kappa shape index (κ1) is 20.8. The van der Waals surface area contributed by atoms with Crippen molar-refractivity contribution in [2.24, 2.45) is 0 Å². The molecule has 3 nitrogen and oxygen atoms in total. The zero-order chi connectivity index (χ0) is 14.6. The molecule has 0 aliphatic carbocycles. The van der Waals surface area contributed by atoms with Gasteiger partial charge in [0.1, 0.15) is 4.64 Å². The van der Waals surface area contributed by atoms with E-state index in [1.165, 1.54) is 6.20 Å². The minimum atomic E-state index is 0.0494. The Balaban J connectivity index is 0.